The van der Waals surface area contributed by atoms with Crippen LogP contribution in [-0.2, 0) is 9.22 Å². The summed E-state index contributed by atoms with van der Waals surface area (Å²) in [4.78, 5) is 12.2. The van der Waals surface area contributed by atoms with Gasteiger partial charge in [0.25, 0.3) is 0 Å². The van der Waals surface area contributed by atoms with E-state index in [1.165, 1.54) is 49.5 Å². The average molecular weight is 329 g/mol. The van der Waals surface area contributed by atoms with Gasteiger partial charge in [0.1, 0.15) is 0 Å². The summed E-state index contributed by atoms with van der Waals surface area (Å²) >= 11 is 1.39. The minimum absolute atomic E-state index is 0.172. The summed E-state index contributed by atoms with van der Waals surface area (Å²) in [6.45, 7) is 9.17. The Kier molecular flexibility index (Phi) is 6.00. The smallest absolute Gasteiger partial charge is 0.204 e. The Hall–Kier alpha value is 0.197. The van der Waals surface area contributed by atoms with E-state index >= 15 is 0 Å². The third-order valence-electron chi connectivity index (χ3n) is 5.89. The van der Waals surface area contributed by atoms with Crippen molar-refractivity contribution in [2.45, 2.75) is 77.1 Å². The number of rotatable bonds is 5. The third kappa shape index (κ3) is 3.76. The molecule has 21 heavy (non-hydrogen) atoms. The Labute approximate surface area is 135 Å². The molecule has 0 amide bonds. The molecule has 122 valence electrons. The van der Waals surface area contributed by atoms with Crippen LogP contribution in [0.3, 0.4) is 0 Å². The van der Waals surface area contributed by atoms with E-state index in [0.717, 1.165) is 5.92 Å². The summed E-state index contributed by atoms with van der Waals surface area (Å²) in [6.07, 6.45) is 7.46. The minimum Gasteiger partial charge on any atom is -0.413 e. The van der Waals surface area contributed by atoms with Crippen LogP contribution in [0.1, 0.15) is 53.4 Å². The Morgan fingerprint density at radius 3 is 2.38 bits per heavy atom. The highest BCUT2D eigenvalue weighted by atomic mass is 32.2. The van der Waals surface area contributed by atoms with E-state index < -0.39 is 8.32 Å². The summed E-state index contributed by atoms with van der Waals surface area (Å²) in [7, 11) is -1.81. The fraction of sp³-hybridized carbons (Fsp3) is 0.941. The molecule has 2 fully saturated rings. The molecule has 1 aliphatic heterocycles. The van der Waals surface area contributed by atoms with Gasteiger partial charge in [-0.15, -0.1) is 0 Å². The zero-order chi connectivity index (χ0) is 15.6. The van der Waals surface area contributed by atoms with E-state index in [0.29, 0.717) is 23.1 Å². The molecular weight excluding hydrogens is 296 g/mol. The standard InChI is InChI=1S/C17H32O2SSi/c1-12(2)15-8-7-13(3)11-16(15)19-21(9-6-10-21)14(4)17(18)20-5/h12-16H,6-11H2,1-5H3/t13-,14?,15+,16-/m1/s1. The normalized spacial score (nSPS) is 33.5. The van der Waals surface area contributed by atoms with Gasteiger partial charge in [0.2, 0.25) is 8.32 Å². The highest BCUT2D eigenvalue weighted by Crippen LogP contribution is 2.47. The largest absolute Gasteiger partial charge is 0.413 e. The Balaban J connectivity index is 2.10. The van der Waals surface area contributed by atoms with Crippen LogP contribution in [0.25, 0.3) is 0 Å². The molecule has 1 unspecified atom stereocenters. The first-order chi connectivity index (χ1) is 9.89. The van der Waals surface area contributed by atoms with Crippen LogP contribution in [0, 0.1) is 17.8 Å². The van der Waals surface area contributed by atoms with Gasteiger partial charge in [-0.25, -0.2) is 0 Å². The predicted octanol–water partition coefficient (Wildman–Crippen LogP) is 5.09. The molecule has 2 nitrogen and oxygen atoms in total. The molecule has 0 radical (unpaired) electrons. The summed E-state index contributed by atoms with van der Waals surface area (Å²) in [5.74, 6) is 2.17. The van der Waals surface area contributed by atoms with Crippen molar-refractivity contribution in [1.29, 1.82) is 0 Å². The number of hydrogen-bond donors (Lipinski definition) is 0. The van der Waals surface area contributed by atoms with E-state index in [1.54, 1.807) is 0 Å². The molecule has 0 aromatic rings. The van der Waals surface area contributed by atoms with Crippen LogP contribution in [-0.4, -0.2) is 25.8 Å². The summed E-state index contributed by atoms with van der Waals surface area (Å²) in [6, 6.07) is 2.41. The molecule has 0 aromatic heterocycles. The number of carbonyl (C=O) groups excluding carboxylic acids is 1. The summed E-state index contributed by atoms with van der Waals surface area (Å²) in [5, 5.41) is 0.353. The van der Waals surface area contributed by atoms with Gasteiger partial charge in [0, 0.05) is 11.6 Å². The second-order valence-corrected chi connectivity index (χ2v) is 12.7. The molecule has 1 aliphatic carbocycles. The topological polar surface area (TPSA) is 26.3 Å². The van der Waals surface area contributed by atoms with Gasteiger partial charge in [-0.05, 0) is 48.9 Å². The monoisotopic (exact) mass is 328 g/mol. The van der Waals surface area contributed by atoms with Crippen molar-refractivity contribution in [2.75, 3.05) is 6.26 Å². The van der Waals surface area contributed by atoms with Gasteiger partial charge in [0.15, 0.2) is 5.12 Å². The van der Waals surface area contributed by atoms with E-state index in [2.05, 4.69) is 27.7 Å². The molecule has 1 saturated carbocycles. The summed E-state index contributed by atoms with van der Waals surface area (Å²) in [5.41, 5.74) is 0.172. The van der Waals surface area contributed by atoms with Crippen molar-refractivity contribution in [1.82, 2.24) is 0 Å². The lowest BCUT2D eigenvalue weighted by Gasteiger charge is -2.49. The molecule has 0 N–H and O–H groups in total. The Morgan fingerprint density at radius 2 is 1.90 bits per heavy atom. The first kappa shape index (κ1) is 17.5. The van der Waals surface area contributed by atoms with Crippen molar-refractivity contribution >= 4 is 25.2 Å². The van der Waals surface area contributed by atoms with Crippen LogP contribution >= 0.6 is 11.8 Å². The van der Waals surface area contributed by atoms with Gasteiger partial charge in [-0.1, -0.05) is 52.3 Å². The zero-order valence-corrected chi connectivity index (χ0v) is 16.2. The SMILES string of the molecule is CSC(=O)C(C)[Si]1(O[C@@H]2C[C@H](C)CC[C@H]2C(C)C)CCC1. The van der Waals surface area contributed by atoms with Crippen molar-refractivity contribution in [3.63, 3.8) is 0 Å². The minimum atomic E-state index is -1.81. The molecule has 1 saturated heterocycles. The molecule has 2 rings (SSSR count). The lowest BCUT2D eigenvalue weighted by molar-refractivity contribution is -0.111. The first-order valence-electron chi connectivity index (χ1n) is 8.65. The highest BCUT2D eigenvalue weighted by molar-refractivity contribution is 8.13. The van der Waals surface area contributed by atoms with Gasteiger partial charge in [0.05, 0.1) is 0 Å². The number of carbonyl (C=O) groups is 1. The van der Waals surface area contributed by atoms with E-state index in [-0.39, 0.29) is 5.54 Å². The maximum Gasteiger partial charge on any atom is 0.204 e. The second kappa shape index (κ2) is 7.18. The van der Waals surface area contributed by atoms with Crippen LogP contribution in [0.2, 0.25) is 17.6 Å². The van der Waals surface area contributed by atoms with Gasteiger partial charge in [-0.2, -0.15) is 0 Å². The van der Waals surface area contributed by atoms with Crippen molar-refractivity contribution in [2.24, 2.45) is 17.8 Å². The molecule has 4 heteroatoms. The van der Waals surface area contributed by atoms with Crippen LogP contribution in [0.5, 0.6) is 0 Å². The maximum atomic E-state index is 12.2. The molecule has 0 bridgehead atoms. The predicted molar refractivity (Wildman–Crippen MR) is 94.1 cm³/mol. The molecule has 4 atom stereocenters. The van der Waals surface area contributed by atoms with Gasteiger partial charge >= 0.3 is 0 Å². The number of thioether (sulfide) groups is 1. The lowest BCUT2D eigenvalue weighted by atomic mass is 9.75. The van der Waals surface area contributed by atoms with Gasteiger partial charge < -0.3 is 4.43 Å². The van der Waals surface area contributed by atoms with Gasteiger partial charge in [-0.3, -0.25) is 4.79 Å². The van der Waals surface area contributed by atoms with E-state index in [4.69, 9.17) is 4.43 Å². The lowest BCUT2D eigenvalue weighted by Crippen LogP contribution is -2.54. The first-order valence-corrected chi connectivity index (χ1v) is 12.3. The Bertz CT molecular complexity index is 368. The summed E-state index contributed by atoms with van der Waals surface area (Å²) < 4.78 is 6.85. The molecule has 2 aliphatic rings. The average Bonchev–Trinajstić information content (AvgIpc) is 2.40. The number of hydrogen-bond acceptors (Lipinski definition) is 3. The molecule has 0 aromatic carbocycles. The van der Waals surface area contributed by atoms with Crippen LogP contribution in [0.4, 0.5) is 0 Å². The van der Waals surface area contributed by atoms with Crippen LogP contribution < -0.4 is 0 Å². The molecular formula is C17H32O2SSi. The maximum absolute atomic E-state index is 12.2. The highest BCUT2D eigenvalue weighted by Gasteiger charge is 2.51. The van der Waals surface area contributed by atoms with Crippen molar-refractivity contribution < 1.29 is 9.22 Å². The Morgan fingerprint density at radius 1 is 1.24 bits per heavy atom. The van der Waals surface area contributed by atoms with Crippen molar-refractivity contribution in [3.05, 3.63) is 0 Å². The van der Waals surface area contributed by atoms with Crippen LogP contribution in [0.15, 0.2) is 0 Å². The second-order valence-electron chi connectivity index (χ2n) is 7.65. The van der Waals surface area contributed by atoms with Crippen molar-refractivity contribution in [3.8, 4) is 0 Å². The zero-order valence-electron chi connectivity index (χ0n) is 14.4. The molecule has 1 heterocycles. The fourth-order valence-electron chi connectivity index (χ4n) is 4.12. The fourth-order valence-corrected chi connectivity index (χ4v) is 9.13. The third-order valence-corrected chi connectivity index (χ3v) is 11.9. The van der Waals surface area contributed by atoms with E-state index in [9.17, 15) is 4.79 Å². The van der Waals surface area contributed by atoms with E-state index in [1.807, 2.05) is 6.26 Å². The molecule has 0 spiro atoms. The quantitative estimate of drug-likeness (QED) is 0.657.